The summed E-state index contributed by atoms with van der Waals surface area (Å²) < 4.78 is 0. The maximum Gasteiger partial charge on any atom is 0.0962 e. The molecule has 2 nitrogen and oxygen atoms in total. The van der Waals surface area contributed by atoms with Crippen molar-refractivity contribution in [3.8, 4) is 0 Å². The standard InChI is InChI=1S/C21H32ClNO/c1-17(16-23-14-6-3-7-15-23)21(24,18-8-4-2-5-9-18)19-10-12-20(22)13-11-19/h10-13,17-18,24H,2-9,14-16H2,1H3. The normalized spacial score (nSPS) is 24.5. The third-order valence-electron chi connectivity index (χ3n) is 6.27. The van der Waals surface area contributed by atoms with Gasteiger partial charge in [0.2, 0.25) is 0 Å². The molecule has 1 saturated carbocycles. The van der Waals surface area contributed by atoms with Gasteiger partial charge < -0.3 is 10.0 Å². The lowest BCUT2D eigenvalue weighted by Gasteiger charge is -2.45. The van der Waals surface area contributed by atoms with Crippen molar-refractivity contribution in [3.05, 3.63) is 34.9 Å². The number of rotatable bonds is 5. The highest BCUT2D eigenvalue weighted by Crippen LogP contribution is 2.44. The maximum absolute atomic E-state index is 11.9. The molecular weight excluding hydrogens is 318 g/mol. The Bertz CT molecular complexity index is 505. The minimum Gasteiger partial charge on any atom is -0.385 e. The predicted molar refractivity (Wildman–Crippen MR) is 101 cm³/mol. The van der Waals surface area contributed by atoms with E-state index in [0.29, 0.717) is 5.92 Å². The Morgan fingerprint density at radius 3 is 2.25 bits per heavy atom. The van der Waals surface area contributed by atoms with Gasteiger partial charge in [-0.1, -0.05) is 56.3 Å². The van der Waals surface area contributed by atoms with Crippen molar-refractivity contribution in [1.82, 2.24) is 4.90 Å². The molecular formula is C21H32ClNO. The van der Waals surface area contributed by atoms with Gasteiger partial charge in [-0.2, -0.15) is 0 Å². The minimum atomic E-state index is -0.734. The highest BCUT2D eigenvalue weighted by Gasteiger charge is 2.43. The van der Waals surface area contributed by atoms with E-state index in [2.05, 4.69) is 11.8 Å². The van der Waals surface area contributed by atoms with Crippen molar-refractivity contribution in [2.45, 2.75) is 63.9 Å². The van der Waals surface area contributed by atoms with E-state index < -0.39 is 5.60 Å². The molecule has 1 aromatic carbocycles. The van der Waals surface area contributed by atoms with Crippen LogP contribution >= 0.6 is 11.6 Å². The Balaban J connectivity index is 1.83. The molecule has 2 fully saturated rings. The van der Waals surface area contributed by atoms with Gasteiger partial charge in [0.15, 0.2) is 0 Å². The molecule has 1 aromatic rings. The molecule has 0 radical (unpaired) electrons. The summed E-state index contributed by atoms with van der Waals surface area (Å²) in [5, 5.41) is 12.7. The predicted octanol–water partition coefficient (Wildman–Crippen LogP) is 5.23. The highest BCUT2D eigenvalue weighted by molar-refractivity contribution is 6.30. The van der Waals surface area contributed by atoms with E-state index in [1.807, 2.05) is 24.3 Å². The van der Waals surface area contributed by atoms with E-state index in [0.717, 1.165) is 30.0 Å². The summed E-state index contributed by atoms with van der Waals surface area (Å²) >= 11 is 6.09. The van der Waals surface area contributed by atoms with E-state index in [-0.39, 0.29) is 5.92 Å². The molecule has 1 aliphatic carbocycles. The largest absolute Gasteiger partial charge is 0.385 e. The lowest BCUT2D eigenvalue weighted by molar-refractivity contribution is -0.0917. The quantitative estimate of drug-likeness (QED) is 0.786. The zero-order valence-corrected chi connectivity index (χ0v) is 15.8. The number of benzene rings is 1. The number of aliphatic hydroxyl groups is 1. The molecule has 1 aliphatic heterocycles. The highest BCUT2D eigenvalue weighted by atomic mass is 35.5. The van der Waals surface area contributed by atoms with Crippen LogP contribution in [0.25, 0.3) is 0 Å². The van der Waals surface area contributed by atoms with Crippen LogP contribution in [0.5, 0.6) is 0 Å². The van der Waals surface area contributed by atoms with E-state index in [1.54, 1.807) is 0 Å². The Kier molecular flexibility index (Phi) is 6.23. The van der Waals surface area contributed by atoms with Crippen LogP contribution in [0, 0.1) is 11.8 Å². The Morgan fingerprint density at radius 1 is 1.04 bits per heavy atom. The van der Waals surface area contributed by atoms with E-state index in [1.165, 1.54) is 51.6 Å². The molecule has 1 heterocycles. The third kappa shape index (κ3) is 3.98. The summed E-state index contributed by atoms with van der Waals surface area (Å²) in [6.45, 7) is 5.62. The summed E-state index contributed by atoms with van der Waals surface area (Å²) in [7, 11) is 0. The van der Waals surface area contributed by atoms with E-state index in [9.17, 15) is 5.11 Å². The fraction of sp³-hybridized carbons (Fsp3) is 0.714. The third-order valence-corrected chi connectivity index (χ3v) is 6.52. The van der Waals surface area contributed by atoms with Crippen LogP contribution in [-0.4, -0.2) is 29.6 Å². The lowest BCUT2D eigenvalue weighted by Crippen LogP contribution is -2.47. The Hall–Kier alpha value is -0.570. The molecule has 2 atom stereocenters. The molecule has 134 valence electrons. The second-order valence-corrected chi connectivity index (χ2v) is 8.37. The number of likely N-dealkylation sites (tertiary alicyclic amines) is 1. The van der Waals surface area contributed by atoms with Crippen LogP contribution in [0.2, 0.25) is 5.02 Å². The van der Waals surface area contributed by atoms with Gasteiger partial charge in [0.25, 0.3) is 0 Å². The van der Waals surface area contributed by atoms with Gasteiger partial charge in [-0.25, -0.2) is 0 Å². The van der Waals surface area contributed by atoms with Crippen LogP contribution in [0.3, 0.4) is 0 Å². The number of halogens is 1. The summed E-state index contributed by atoms with van der Waals surface area (Å²) in [5.41, 5.74) is 0.325. The SMILES string of the molecule is CC(CN1CCCCC1)C(O)(c1ccc(Cl)cc1)C1CCCCC1. The monoisotopic (exact) mass is 349 g/mol. The molecule has 0 amide bonds. The number of nitrogens with zero attached hydrogens (tertiary/aromatic N) is 1. The average molecular weight is 350 g/mol. The van der Waals surface area contributed by atoms with Gasteiger partial charge in [0, 0.05) is 17.5 Å². The number of piperidine rings is 1. The van der Waals surface area contributed by atoms with Crippen molar-refractivity contribution in [3.63, 3.8) is 0 Å². The second kappa shape index (κ2) is 8.21. The zero-order chi connectivity index (χ0) is 17.0. The maximum atomic E-state index is 11.9. The van der Waals surface area contributed by atoms with Crippen molar-refractivity contribution in [2.75, 3.05) is 19.6 Å². The molecule has 0 bridgehead atoms. The van der Waals surface area contributed by atoms with Crippen molar-refractivity contribution >= 4 is 11.6 Å². The molecule has 24 heavy (non-hydrogen) atoms. The van der Waals surface area contributed by atoms with E-state index >= 15 is 0 Å². The average Bonchev–Trinajstić information content (AvgIpc) is 2.63. The van der Waals surface area contributed by atoms with Crippen molar-refractivity contribution in [1.29, 1.82) is 0 Å². The summed E-state index contributed by atoms with van der Waals surface area (Å²) in [5.74, 6) is 0.604. The number of hydrogen-bond donors (Lipinski definition) is 1. The summed E-state index contributed by atoms with van der Waals surface area (Å²) in [6.07, 6.45) is 10.1. The molecule has 1 saturated heterocycles. The van der Waals surface area contributed by atoms with Crippen molar-refractivity contribution < 1.29 is 5.11 Å². The number of hydrogen-bond acceptors (Lipinski definition) is 2. The topological polar surface area (TPSA) is 23.5 Å². The molecule has 2 unspecified atom stereocenters. The summed E-state index contributed by atoms with van der Waals surface area (Å²) in [4.78, 5) is 2.55. The molecule has 3 rings (SSSR count). The van der Waals surface area contributed by atoms with E-state index in [4.69, 9.17) is 11.6 Å². The van der Waals surface area contributed by atoms with Gasteiger partial charge in [-0.05, 0) is 62.4 Å². The van der Waals surface area contributed by atoms with Crippen LogP contribution in [0.1, 0.15) is 63.9 Å². The first-order valence-electron chi connectivity index (χ1n) is 9.81. The van der Waals surface area contributed by atoms with Crippen molar-refractivity contribution in [2.24, 2.45) is 11.8 Å². The van der Waals surface area contributed by atoms with Gasteiger partial charge in [0.05, 0.1) is 5.60 Å². The van der Waals surface area contributed by atoms with Gasteiger partial charge >= 0.3 is 0 Å². The van der Waals surface area contributed by atoms with Gasteiger partial charge in [0.1, 0.15) is 0 Å². The van der Waals surface area contributed by atoms with Crippen LogP contribution in [0.15, 0.2) is 24.3 Å². The van der Waals surface area contributed by atoms with Gasteiger partial charge in [-0.15, -0.1) is 0 Å². The van der Waals surface area contributed by atoms with Gasteiger partial charge in [-0.3, -0.25) is 0 Å². The fourth-order valence-corrected chi connectivity index (χ4v) is 4.98. The van der Waals surface area contributed by atoms with Crippen LogP contribution < -0.4 is 0 Å². The first-order chi connectivity index (χ1) is 11.6. The Morgan fingerprint density at radius 2 is 1.62 bits per heavy atom. The summed E-state index contributed by atoms with van der Waals surface area (Å²) in [6, 6.07) is 7.95. The Labute approximate surface area is 152 Å². The first-order valence-corrected chi connectivity index (χ1v) is 10.2. The first kappa shape index (κ1) is 18.2. The van der Waals surface area contributed by atoms with Crippen LogP contribution in [0.4, 0.5) is 0 Å². The molecule has 3 heteroatoms. The lowest BCUT2D eigenvalue weighted by atomic mass is 9.67. The fourth-order valence-electron chi connectivity index (χ4n) is 4.85. The smallest absolute Gasteiger partial charge is 0.0962 e. The zero-order valence-electron chi connectivity index (χ0n) is 15.0. The second-order valence-electron chi connectivity index (χ2n) is 7.93. The molecule has 1 N–H and O–H groups in total. The molecule has 2 aliphatic rings. The molecule has 0 aromatic heterocycles. The van der Waals surface area contributed by atoms with Crippen LogP contribution in [-0.2, 0) is 5.60 Å². The molecule has 0 spiro atoms. The minimum absolute atomic E-state index is 0.236.